The molecule has 0 atom stereocenters. The summed E-state index contributed by atoms with van der Waals surface area (Å²) in [6.45, 7) is 3.45. The molecule has 0 bridgehead atoms. The van der Waals surface area contributed by atoms with E-state index in [1.54, 1.807) is 38.1 Å². The summed E-state index contributed by atoms with van der Waals surface area (Å²) in [5, 5.41) is 3.67. The molecule has 4 heteroatoms. The first kappa shape index (κ1) is 10.9. The third kappa shape index (κ3) is 2.64. The lowest BCUT2D eigenvalue weighted by molar-refractivity contribution is -0.121. The van der Waals surface area contributed by atoms with Crippen molar-refractivity contribution < 1.29 is 4.79 Å². The van der Waals surface area contributed by atoms with E-state index >= 15 is 0 Å². The summed E-state index contributed by atoms with van der Waals surface area (Å²) in [7, 11) is 0. The van der Waals surface area contributed by atoms with E-state index in [-0.39, 0.29) is 0 Å². The smallest absolute Gasteiger partial charge is 0.242 e. The van der Waals surface area contributed by atoms with Crippen LogP contribution in [0.2, 0.25) is 5.02 Å². The molecule has 14 heavy (non-hydrogen) atoms. The first-order valence-electron chi connectivity index (χ1n) is 4.25. The highest BCUT2D eigenvalue weighted by molar-refractivity contribution is 6.30. The summed E-state index contributed by atoms with van der Waals surface area (Å²) < 4.78 is 0. The Balaban J connectivity index is 2.79. The van der Waals surface area contributed by atoms with Gasteiger partial charge in [0.1, 0.15) is 5.54 Å². The van der Waals surface area contributed by atoms with Gasteiger partial charge in [-0.3, -0.25) is 4.79 Å². The molecule has 3 nitrogen and oxygen atoms in total. The van der Waals surface area contributed by atoms with Gasteiger partial charge in [0.15, 0.2) is 0 Å². The van der Waals surface area contributed by atoms with Gasteiger partial charge < -0.3 is 11.1 Å². The Bertz CT molecular complexity index is 332. The van der Waals surface area contributed by atoms with Crippen LogP contribution in [-0.4, -0.2) is 11.4 Å². The highest BCUT2D eigenvalue weighted by Crippen LogP contribution is 2.17. The summed E-state index contributed by atoms with van der Waals surface area (Å²) >= 11 is 5.73. The normalized spacial score (nSPS) is 11.1. The zero-order chi connectivity index (χ0) is 10.8. The molecular formula is C10H13ClN2O. The van der Waals surface area contributed by atoms with Crippen molar-refractivity contribution in [3.05, 3.63) is 29.3 Å². The molecule has 0 aromatic heterocycles. The zero-order valence-corrected chi connectivity index (χ0v) is 8.93. The molecule has 1 aromatic carbocycles. The molecule has 0 aliphatic carbocycles. The van der Waals surface area contributed by atoms with E-state index in [9.17, 15) is 4.79 Å². The number of hydrogen-bond donors (Lipinski definition) is 2. The predicted molar refractivity (Wildman–Crippen MR) is 58.3 cm³/mol. The topological polar surface area (TPSA) is 55.1 Å². The van der Waals surface area contributed by atoms with E-state index in [4.69, 9.17) is 17.3 Å². The fraction of sp³-hybridized carbons (Fsp3) is 0.300. The second kappa shape index (κ2) is 3.88. The van der Waals surface area contributed by atoms with Gasteiger partial charge in [-0.2, -0.15) is 0 Å². The van der Waals surface area contributed by atoms with Crippen LogP contribution in [-0.2, 0) is 4.79 Å². The fourth-order valence-electron chi connectivity index (χ4n) is 0.956. The summed E-state index contributed by atoms with van der Waals surface area (Å²) in [6.07, 6.45) is 0. The number of benzene rings is 1. The number of nitrogens with two attached hydrogens (primary N) is 1. The van der Waals surface area contributed by atoms with Gasteiger partial charge >= 0.3 is 0 Å². The molecule has 0 saturated heterocycles. The van der Waals surface area contributed by atoms with Crippen LogP contribution in [0.25, 0.3) is 0 Å². The molecule has 0 aliphatic rings. The molecule has 0 radical (unpaired) electrons. The minimum atomic E-state index is -0.756. The Kier molecular flexibility index (Phi) is 3.01. The monoisotopic (exact) mass is 212 g/mol. The quantitative estimate of drug-likeness (QED) is 0.806. The van der Waals surface area contributed by atoms with E-state index in [1.807, 2.05) is 0 Å². The summed E-state index contributed by atoms with van der Waals surface area (Å²) in [4.78, 5) is 11.0. The molecule has 1 rings (SSSR count). The number of nitrogens with one attached hydrogen (secondary N) is 1. The van der Waals surface area contributed by atoms with Crippen molar-refractivity contribution in [2.24, 2.45) is 5.73 Å². The number of halogens is 1. The van der Waals surface area contributed by atoms with E-state index < -0.39 is 11.4 Å². The van der Waals surface area contributed by atoms with Crippen molar-refractivity contribution in [3.8, 4) is 0 Å². The van der Waals surface area contributed by atoms with Crippen molar-refractivity contribution >= 4 is 23.2 Å². The van der Waals surface area contributed by atoms with Crippen molar-refractivity contribution in [3.63, 3.8) is 0 Å². The maximum atomic E-state index is 11.0. The second-order valence-corrected chi connectivity index (χ2v) is 4.06. The van der Waals surface area contributed by atoms with E-state index in [1.165, 1.54) is 0 Å². The Labute approximate surface area is 88.2 Å². The van der Waals surface area contributed by atoms with Gasteiger partial charge in [0.25, 0.3) is 0 Å². The maximum absolute atomic E-state index is 11.0. The van der Waals surface area contributed by atoms with E-state index in [2.05, 4.69) is 5.32 Å². The Morgan fingerprint density at radius 1 is 1.36 bits per heavy atom. The Hall–Kier alpha value is -1.22. The average molecular weight is 213 g/mol. The van der Waals surface area contributed by atoms with Gasteiger partial charge in [0, 0.05) is 10.7 Å². The highest BCUT2D eigenvalue weighted by atomic mass is 35.5. The molecule has 76 valence electrons. The number of carbonyl (C=O) groups excluding carboxylic acids is 1. The number of carbonyl (C=O) groups is 1. The van der Waals surface area contributed by atoms with Gasteiger partial charge in [-0.15, -0.1) is 0 Å². The van der Waals surface area contributed by atoms with Gasteiger partial charge in [0.05, 0.1) is 0 Å². The molecule has 0 aliphatic heterocycles. The van der Waals surface area contributed by atoms with Crippen molar-refractivity contribution in [2.75, 3.05) is 5.32 Å². The first-order chi connectivity index (χ1) is 6.42. The third-order valence-electron chi connectivity index (χ3n) is 1.92. The SMILES string of the molecule is CC(C)(Nc1ccc(Cl)cc1)C(N)=O. The number of anilines is 1. The van der Waals surface area contributed by atoms with Crippen LogP contribution in [0.4, 0.5) is 5.69 Å². The fourth-order valence-corrected chi connectivity index (χ4v) is 1.08. The number of amides is 1. The molecule has 0 saturated carbocycles. The molecule has 0 unspecified atom stereocenters. The number of rotatable bonds is 3. The summed E-state index contributed by atoms with van der Waals surface area (Å²) in [6, 6.07) is 7.10. The zero-order valence-electron chi connectivity index (χ0n) is 8.17. The highest BCUT2D eigenvalue weighted by Gasteiger charge is 2.23. The summed E-state index contributed by atoms with van der Waals surface area (Å²) in [5.41, 5.74) is 5.28. The lowest BCUT2D eigenvalue weighted by atomic mass is 10.0. The van der Waals surface area contributed by atoms with Crippen LogP contribution in [0.5, 0.6) is 0 Å². The van der Waals surface area contributed by atoms with Crippen LogP contribution in [0.3, 0.4) is 0 Å². The minimum absolute atomic E-state index is 0.396. The largest absolute Gasteiger partial charge is 0.372 e. The molecule has 0 fully saturated rings. The van der Waals surface area contributed by atoms with Crippen LogP contribution in [0.15, 0.2) is 24.3 Å². The molecule has 0 spiro atoms. The second-order valence-electron chi connectivity index (χ2n) is 3.62. The third-order valence-corrected chi connectivity index (χ3v) is 2.17. The molecule has 1 amide bonds. The van der Waals surface area contributed by atoms with Crippen LogP contribution < -0.4 is 11.1 Å². The van der Waals surface area contributed by atoms with E-state index in [0.29, 0.717) is 5.02 Å². The lowest BCUT2D eigenvalue weighted by Gasteiger charge is -2.23. The Morgan fingerprint density at radius 3 is 2.29 bits per heavy atom. The van der Waals surface area contributed by atoms with Gasteiger partial charge in [-0.25, -0.2) is 0 Å². The van der Waals surface area contributed by atoms with Crippen molar-refractivity contribution in [1.82, 2.24) is 0 Å². The van der Waals surface area contributed by atoms with Crippen LogP contribution in [0.1, 0.15) is 13.8 Å². The predicted octanol–water partition coefficient (Wildman–Crippen LogP) is 2.02. The molecular weight excluding hydrogens is 200 g/mol. The van der Waals surface area contributed by atoms with Gasteiger partial charge in [-0.05, 0) is 38.1 Å². The number of hydrogen-bond acceptors (Lipinski definition) is 2. The van der Waals surface area contributed by atoms with E-state index in [0.717, 1.165) is 5.69 Å². The average Bonchev–Trinajstić information content (AvgIpc) is 2.08. The summed E-state index contributed by atoms with van der Waals surface area (Å²) in [5.74, 6) is -0.396. The van der Waals surface area contributed by atoms with Gasteiger partial charge in [0.2, 0.25) is 5.91 Å². The van der Waals surface area contributed by atoms with Crippen molar-refractivity contribution in [1.29, 1.82) is 0 Å². The Morgan fingerprint density at radius 2 is 1.86 bits per heavy atom. The van der Waals surface area contributed by atoms with Crippen LogP contribution in [0, 0.1) is 0 Å². The number of primary amides is 1. The first-order valence-corrected chi connectivity index (χ1v) is 4.63. The molecule has 1 aromatic rings. The standard InChI is InChI=1S/C10H13ClN2O/c1-10(2,9(12)14)13-8-5-3-7(11)4-6-8/h3-6,13H,1-2H3,(H2,12,14). The maximum Gasteiger partial charge on any atom is 0.242 e. The molecule has 3 N–H and O–H groups in total. The lowest BCUT2D eigenvalue weighted by Crippen LogP contribution is -2.44. The molecule has 0 heterocycles. The van der Waals surface area contributed by atoms with Gasteiger partial charge in [-0.1, -0.05) is 11.6 Å². The van der Waals surface area contributed by atoms with Crippen molar-refractivity contribution in [2.45, 2.75) is 19.4 Å². The minimum Gasteiger partial charge on any atom is -0.372 e. The van der Waals surface area contributed by atoms with Crippen LogP contribution >= 0.6 is 11.6 Å².